The summed E-state index contributed by atoms with van der Waals surface area (Å²) in [6.45, 7) is 2.71. The molecule has 0 bridgehead atoms. The lowest BCUT2D eigenvalue weighted by Gasteiger charge is -2.01. The molecule has 0 radical (unpaired) electrons. The van der Waals surface area contributed by atoms with Gasteiger partial charge < -0.3 is 9.14 Å². The smallest absolute Gasteiger partial charge is 0.155 e. The second-order valence-electron chi connectivity index (χ2n) is 3.52. The van der Waals surface area contributed by atoms with Crippen LogP contribution in [0.4, 0.5) is 0 Å². The minimum absolute atomic E-state index is 0.557. The number of rotatable bonds is 3. The minimum Gasteiger partial charge on any atom is -0.384 e. The van der Waals surface area contributed by atoms with Crippen molar-refractivity contribution in [3.63, 3.8) is 0 Å². The summed E-state index contributed by atoms with van der Waals surface area (Å²) in [6.07, 6.45) is 2.81. The second kappa shape index (κ2) is 4.21. The molecule has 0 saturated carbocycles. The molecule has 0 aromatic carbocycles. The van der Waals surface area contributed by atoms with Crippen LogP contribution >= 0.6 is 11.6 Å². The lowest BCUT2D eigenvalue weighted by molar-refractivity contribution is 0.200. The Labute approximate surface area is 93.6 Å². The van der Waals surface area contributed by atoms with Gasteiger partial charge in [-0.05, 0) is 18.6 Å². The molecule has 2 aromatic heterocycles. The van der Waals surface area contributed by atoms with Gasteiger partial charge in [0.05, 0.1) is 12.1 Å². The van der Waals surface area contributed by atoms with E-state index in [0.29, 0.717) is 11.8 Å². The third kappa shape index (κ3) is 1.98. The first kappa shape index (κ1) is 10.5. The zero-order valence-corrected chi connectivity index (χ0v) is 9.58. The predicted octanol–water partition coefficient (Wildman–Crippen LogP) is 2.49. The van der Waals surface area contributed by atoms with E-state index in [-0.39, 0.29) is 0 Å². The van der Waals surface area contributed by atoms with Crippen LogP contribution in [0.5, 0.6) is 0 Å². The van der Waals surface area contributed by atoms with Crippen LogP contribution in [0.3, 0.4) is 0 Å². The van der Waals surface area contributed by atoms with E-state index in [4.69, 9.17) is 16.3 Å². The first-order valence-electron chi connectivity index (χ1n) is 4.84. The minimum atomic E-state index is 0.557. The molecule has 0 saturated heterocycles. The Balaban J connectivity index is 2.49. The van der Waals surface area contributed by atoms with E-state index in [1.807, 2.05) is 29.7 Å². The van der Waals surface area contributed by atoms with E-state index in [1.54, 1.807) is 7.11 Å². The van der Waals surface area contributed by atoms with Crippen molar-refractivity contribution < 1.29 is 4.74 Å². The van der Waals surface area contributed by atoms with Gasteiger partial charge in [0.15, 0.2) is 5.15 Å². The van der Waals surface area contributed by atoms with Gasteiger partial charge in [-0.2, -0.15) is 0 Å². The van der Waals surface area contributed by atoms with Crippen LogP contribution < -0.4 is 0 Å². The molecule has 0 amide bonds. The maximum absolute atomic E-state index is 6.04. The lowest BCUT2D eigenvalue weighted by atomic mass is 10.3. The maximum Gasteiger partial charge on any atom is 0.155 e. The average molecular weight is 225 g/mol. The monoisotopic (exact) mass is 224 g/mol. The summed E-state index contributed by atoms with van der Waals surface area (Å²) < 4.78 is 7.06. The van der Waals surface area contributed by atoms with Crippen LogP contribution in [0.25, 0.3) is 5.52 Å². The van der Waals surface area contributed by atoms with Crippen LogP contribution in [0.15, 0.2) is 18.3 Å². The van der Waals surface area contributed by atoms with Crippen molar-refractivity contribution in [2.45, 2.75) is 13.3 Å². The van der Waals surface area contributed by atoms with E-state index in [0.717, 1.165) is 17.8 Å². The standard InChI is InChI=1S/C11H13ClN2O/c1-8-3-4-9-11(12)13-10(5-6-15-2)14(9)7-8/h3-4,7H,5-6H2,1-2H3. The summed E-state index contributed by atoms with van der Waals surface area (Å²) in [5.41, 5.74) is 2.14. The number of pyridine rings is 1. The Morgan fingerprint density at radius 2 is 2.27 bits per heavy atom. The largest absolute Gasteiger partial charge is 0.384 e. The van der Waals surface area contributed by atoms with Gasteiger partial charge in [0.25, 0.3) is 0 Å². The second-order valence-corrected chi connectivity index (χ2v) is 3.88. The molecule has 0 atom stereocenters. The van der Waals surface area contributed by atoms with Crippen molar-refractivity contribution >= 4 is 17.1 Å². The average Bonchev–Trinajstić information content (AvgIpc) is 2.52. The highest BCUT2D eigenvalue weighted by molar-refractivity contribution is 6.32. The zero-order chi connectivity index (χ0) is 10.8. The highest BCUT2D eigenvalue weighted by Gasteiger charge is 2.08. The van der Waals surface area contributed by atoms with Crippen molar-refractivity contribution in [2.24, 2.45) is 0 Å². The van der Waals surface area contributed by atoms with Gasteiger partial charge >= 0.3 is 0 Å². The highest BCUT2D eigenvalue weighted by atomic mass is 35.5. The maximum atomic E-state index is 6.04. The van der Waals surface area contributed by atoms with E-state index < -0.39 is 0 Å². The van der Waals surface area contributed by atoms with Crippen molar-refractivity contribution in [2.75, 3.05) is 13.7 Å². The summed E-state index contributed by atoms with van der Waals surface area (Å²) in [7, 11) is 1.68. The van der Waals surface area contributed by atoms with E-state index in [9.17, 15) is 0 Å². The molecule has 2 heterocycles. The lowest BCUT2D eigenvalue weighted by Crippen LogP contribution is -2.00. The van der Waals surface area contributed by atoms with Gasteiger partial charge in [0, 0.05) is 19.7 Å². The van der Waals surface area contributed by atoms with Gasteiger partial charge in [-0.3, -0.25) is 0 Å². The van der Waals surface area contributed by atoms with E-state index >= 15 is 0 Å². The van der Waals surface area contributed by atoms with Crippen molar-refractivity contribution in [3.05, 3.63) is 34.9 Å². The molecule has 3 nitrogen and oxygen atoms in total. The summed E-state index contributed by atoms with van der Waals surface area (Å²) in [5, 5.41) is 0.557. The fourth-order valence-electron chi connectivity index (χ4n) is 1.58. The number of ether oxygens (including phenoxy) is 1. The fourth-order valence-corrected chi connectivity index (χ4v) is 1.83. The first-order valence-corrected chi connectivity index (χ1v) is 5.22. The summed E-state index contributed by atoms with van der Waals surface area (Å²) in [6, 6.07) is 4.02. The molecular weight excluding hydrogens is 212 g/mol. The van der Waals surface area contributed by atoms with Gasteiger partial charge in [-0.15, -0.1) is 0 Å². The first-order chi connectivity index (χ1) is 7.22. The Morgan fingerprint density at radius 3 is 3.00 bits per heavy atom. The molecule has 80 valence electrons. The Kier molecular flexibility index (Phi) is 2.93. The molecule has 0 spiro atoms. The van der Waals surface area contributed by atoms with Crippen molar-refractivity contribution in [3.8, 4) is 0 Å². The number of fused-ring (bicyclic) bond motifs is 1. The molecule has 0 unspecified atom stereocenters. The predicted molar refractivity (Wildman–Crippen MR) is 60.5 cm³/mol. The number of aryl methyl sites for hydroxylation is 1. The quantitative estimate of drug-likeness (QED) is 0.801. The van der Waals surface area contributed by atoms with Crippen LogP contribution in [-0.2, 0) is 11.2 Å². The van der Waals surface area contributed by atoms with Gasteiger partial charge in [-0.1, -0.05) is 17.7 Å². The van der Waals surface area contributed by atoms with Gasteiger partial charge in [0.2, 0.25) is 0 Å². The molecule has 15 heavy (non-hydrogen) atoms. The number of nitrogens with zero attached hydrogens (tertiary/aromatic N) is 2. The molecule has 4 heteroatoms. The molecular formula is C11H13ClN2O. The number of aromatic nitrogens is 2. The van der Waals surface area contributed by atoms with Crippen molar-refractivity contribution in [1.82, 2.24) is 9.38 Å². The number of hydrogen-bond acceptors (Lipinski definition) is 2. The Hall–Kier alpha value is -1.06. The molecule has 2 rings (SSSR count). The molecule has 0 aliphatic heterocycles. The van der Waals surface area contributed by atoms with Crippen molar-refractivity contribution in [1.29, 1.82) is 0 Å². The van der Waals surface area contributed by atoms with Crippen LogP contribution in [0.1, 0.15) is 11.4 Å². The summed E-state index contributed by atoms with van der Waals surface area (Å²) in [5.74, 6) is 0.945. The molecule has 0 aliphatic carbocycles. The van der Waals surface area contributed by atoms with Gasteiger partial charge in [0.1, 0.15) is 5.82 Å². The van der Waals surface area contributed by atoms with Crippen LogP contribution in [-0.4, -0.2) is 23.1 Å². The van der Waals surface area contributed by atoms with Crippen LogP contribution in [0.2, 0.25) is 5.15 Å². The third-order valence-electron chi connectivity index (χ3n) is 2.34. The third-order valence-corrected chi connectivity index (χ3v) is 2.62. The normalized spacial score (nSPS) is 11.1. The Morgan fingerprint density at radius 1 is 1.47 bits per heavy atom. The molecule has 0 N–H and O–H groups in total. The fraction of sp³-hybridized carbons (Fsp3) is 0.364. The highest BCUT2D eigenvalue weighted by Crippen LogP contribution is 2.19. The zero-order valence-electron chi connectivity index (χ0n) is 8.83. The van der Waals surface area contributed by atoms with E-state index in [1.165, 1.54) is 5.56 Å². The molecule has 0 fully saturated rings. The number of hydrogen-bond donors (Lipinski definition) is 0. The number of imidazole rings is 1. The SMILES string of the molecule is COCCc1nc(Cl)c2ccc(C)cn12. The van der Waals surface area contributed by atoms with Crippen LogP contribution in [0, 0.1) is 6.92 Å². The molecule has 2 aromatic rings. The number of halogens is 1. The molecule has 0 aliphatic rings. The Bertz CT molecular complexity index is 479. The topological polar surface area (TPSA) is 26.5 Å². The number of methoxy groups -OCH3 is 1. The summed E-state index contributed by atoms with van der Waals surface area (Å²) in [4.78, 5) is 4.32. The van der Waals surface area contributed by atoms with Gasteiger partial charge in [-0.25, -0.2) is 4.98 Å². The summed E-state index contributed by atoms with van der Waals surface area (Å²) >= 11 is 6.04. The van der Waals surface area contributed by atoms with E-state index in [2.05, 4.69) is 4.98 Å².